The minimum absolute atomic E-state index is 0.0729. The van der Waals surface area contributed by atoms with Gasteiger partial charge in [0, 0.05) is 59.4 Å². The van der Waals surface area contributed by atoms with Gasteiger partial charge in [0.05, 0.1) is 13.1 Å². The number of guanidine groups is 1. The van der Waals surface area contributed by atoms with Crippen molar-refractivity contribution in [2.75, 3.05) is 72.5 Å². The van der Waals surface area contributed by atoms with Crippen LogP contribution < -0.4 is 10.6 Å². The van der Waals surface area contributed by atoms with Crippen LogP contribution in [0.4, 0.5) is 4.79 Å². The van der Waals surface area contributed by atoms with Crippen LogP contribution in [0.5, 0.6) is 0 Å². The smallest absolute Gasteiger partial charge is 0.324 e. The van der Waals surface area contributed by atoms with Gasteiger partial charge in [0.2, 0.25) is 11.8 Å². The number of hydrogen-bond donors (Lipinski definition) is 2. The highest BCUT2D eigenvalue weighted by Crippen LogP contribution is 2.21. The minimum atomic E-state index is -0.340. The second kappa shape index (κ2) is 10.1. The number of urea groups is 1. The Morgan fingerprint density at radius 1 is 1.10 bits per heavy atom. The average Bonchev–Trinajstić information content (AvgIpc) is 3.03. The molecule has 0 aromatic rings. The van der Waals surface area contributed by atoms with Crippen LogP contribution in [0.1, 0.15) is 20.3 Å². The van der Waals surface area contributed by atoms with Crippen molar-refractivity contribution in [2.24, 2.45) is 16.8 Å². The molecule has 3 fully saturated rings. The Kier molecular flexibility index (Phi) is 7.52. The van der Waals surface area contributed by atoms with Crippen molar-refractivity contribution in [1.82, 2.24) is 30.2 Å². The zero-order chi connectivity index (χ0) is 21.7. The maximum absolute atomic E-state index is 12.7. The topological polar surface area (TPSA) is 101 Å². The third kappa shape index (κ3) is 5.62. The fraction of sp³-hybridized carbons (Fsp3) is 0.800. The molecule has 10 nitrogen and oxygen atoms in total. The van der Waals surface area contributed by atoms with E-state index in [0.29, 0.717) is 31.5 Å². The molecule has 3 aliphatic heterocycles. The predicted molar refractivity (Wildman–Crippen MR) is 114 cm³/mol. The summed E-state index contributed by atoms with van der Waals surface area (Å²) in [4.78, 5) is 47.9. The number of amides is 4. The fourth-order valence-electron chi connectivity index (χ4n) is 4.57. The molecule has 30 heavy (non-hydrogen) atoms. The Balaban J connectivity index is 1.40. The van der Waals surface area contributed by atoms with E-state index < -0.39 is 0 Å². The van der Waals surface area contributed by atoms with Crippen molar-refractivity contribution < 1.29 is 14.4 Å². The molecule has 2 N–H and O–H groups in total. The molecular weight excluding hydrogens is 386 g/mol. The lowest BCUT2D eigenvalue weighted by Gasteiger charge is -2.39. The van der Waals surface area contributed by atoms with E-state index in [1.165, 1.54) is 11.3 Å². The number of piperidine rings is 1. The van der Waals surface area contributed by atoms with Crippen molar-refractivity contribution in [2.45, 2.75) is 20.3 Å². The molecule has 0 aliphatic carbocycles. The van der Waals surface area contributed by atoms with Crippen molar-refractivity contribution in [3.05, 3.63) is 0 Å². The van der Waals surface area contributed by atoms with Gasteiger partial charge in [0.15, 0.2) is 5.96 Å². The largest absolute Gasteiger partial charge is 0.354 e. The summed E-state index contributed by atoms with van der Waals surface area (Å²) in [6.45, 7) is 10.7. The second-order valence-corrected chi connectivity index (χ2v) is 8.69. The van der Waals surface area contributed by atoms with E-state index >= 15 is 0 Å². The van der Waals surface area contributed by atoms with E-state index in [1.54, 1.807) is 7.05 Å². The summed E-state index contributed by atoms with van der Waals surface area (Å²) in [7, 11) is 1.73. The third-order valence-corrected chi connectivity index (χ3v) is 6.02. The standard InChI is InChI=1S/C20H35N7O3/c1-15-10-16(2)13-26(12-15)18(29)14-24-6-8-25(9-7-24)19(21-3)22-4-5-27-17(28)11-23-20(27)30/h15-16H,4-14H2,1-3H3,(H,21,22)(H,23,30). The molecule has 3 aliphatic rings. The maximum atomic E-state index is 12.7. The van der Waals surface area contributed by atoms with E-state index in [0.717, 1.165) is 45.2 Å². The Morgan fingerprint density at radius 2 is 1.77 bits per heavy atom. The molecule has 0 aromatic heterocycles. The molecule has 10 heteroatoms. The number of carbonyl (C=O) groups is 3. The highest BCUT2D eigenvalue weighted by molar-refractivity contribution is 6.01. The highest BCUT2D eigenvalue weighted by atomic mass is 16.2. The van der Waals surface area contributed by atoms with Gasteiger partial charge >= 0.3 is 6.03 Å². The zero-order valence-corrected chi connectivity index (χ0v) is 18.4. The molecule has 0 radical (unpaired) electrons. The molecule has 0 aromatic carbocycles. The van der Waals surface area contributed by atoms with Gasteiger partial charge in [-0.2, -0.15) is 0 Å². The van der Waals surface area contributed by atoms with E-state index in [-0.39, 0.29) is 24.4 Å². The quantitative estimate of drug-likeness (QED) is 0.344. The molecule has 4 amide bonds. The second-order valence-electron chi connectivity index (χ2n) is 8.69. The molecular formula is C20H35N7O3. The summed E-state index contributed by atoms with van der Waals surface area (Å²) in [6, 6.07) is -0.340. The first-order valence-electron chi connectivity index (χ1n) is 10.9. The Morgan fingerprint density at radius 3 is 2.33 bits per heavy atom. The fourth-order valence-corrected chi connectivity index (χ4v) is 4.57. The third-order valence-electron chi connectivity index (χ3n) is 6.02. The lowest BCUT2D eigenvalue weighted by atomic mass is 9.92. The molecule has 0 bridgehead atoms. The number of hydrogen-bond acceptors (Lipinski definition) is 5. The minimum Gasteiger partial charge on any atom is -0.354 e. The first-order valence-corrected chi connectivity index (χ1v) is 10.9. The van der Waals surface area contributed by atoms with Gasteiger partial charge in [-0.3, -0.25) is 24.4 Å². The highest BCUT2D eigenvalue weighted by Gasteiger charge is 2.29. The number of rotatable bonds is 5. The lowest BCUT2D eigenvalue weighted by molar-refractivity contribution is -0.135. The van der Waals surface area contributed by atoms with Crippen LogP contribution in [0.2, 0.25) is 0 Å². The van der Waals surface area contributed by atoms with Gasteiger partial charge in [-0.15, -0.1) is 0 Å². The van der Waals surface area contributed by atoms with Crippen LogP contribution >= 0.6 is 0 Å². The first-order chi connectivity index (χ1) is 14.4. The Hall–Kier alpha value is -2.36. The number of imide groups is 1. The summed E-state index contributed by atoms with van der Waals surface area (Å²) in [5, 5.41) is 5.75. The Labute approximate surface area is 178 Å². The molecule has 3 saturated heterocycles. The number of carbonyl (C=O) groups excluding carboxylic acids is 3. The van der Waals surface area contributed by atoms with Crippen LogP contribution in [0.15, 0.2) is 4.99 Å². The van der Waals surface area contributed by atoms with Gasteiger partial charge in [-0.1, -0.05) is 13.8 Å². The van der Waals surface area contributed by atoms with E-state index in [4.69, 9.17) is 0 Å². The van der Waals surface area contributed by atoms with Crippen molar-refractivity contribution in [3.8, 4) is 0 Å². The molecule has 2 unspecified atom stereocenters. The van der Waals surface area contributed by atoms with Gasteiger partial charge in [0.25, 0.3) is 0 Å². The molecule has 0 spiro atoms. The van der Waals surface area contributed by atoms with Crippen molar-refractivity contribution in [1.29, 1.82) is 0 Å². The molecule has 2 atom stereocenters. The van der Waals surface area contributed by atoms with Crippen LogP contribution in [0.3, 0.4) is 0 Å². The van der Waals surface area contributed by atoms with E-state index in [1.807, 2.05) is 4.90 Å². The zero-order valence-electron chi connectivity index (χ0n) is 18.4. The summed E-state index contributed by atoms with van der Waals surface area (Å²) >= 11 is 0. The summed E-state index contributed by atoms with van der Waals surface area (Å²) < 4.78 is 0. The summed E-state index contributed by atoms with van der Waals surface area (Å²) in [5.41, 5.74) is 0. The molecule has 3 heterocycles. The number of likely N-dealkylation sites (tertiary alicyclic amines) is 1. The van der Waals surface area contributed by atoms with E-state index in [2.05, 4.69) is 39.3 Å². The normalized spacial score (nSPS) is 26.2. The number of nitrogens with one attached hydrogen (secondary N) is 2. The Bertz CT molecular complexity index is 649. The number of nitrogens with zero attached hydrogens (tertiary/aromatic N) is 5. The molecule has 0 saturated carbocycles. The average molecular weight is 422 g/mol. The monoisotopic (exact) mass is 421 g/mol. The van der Waals surface area contributed by atoms with Gasteiger partial charge in [-0.25, -0.2) is 4.79 Å². The summed E-state index contributed by atoms with van der Waals surface area (Å²) in [6.07, 6.45) is 1.20. The van der Waals surface area contributed by atoms with Crippen LogP contribution in [0, 0.1) is 11.8 Å². The molecule has 168 valence electrons. The SMILES string of the molecule is CN=C(NCCN1C(=O)CNC1=O)N1CCN(CC(=O)N2CC(C)CC(C)C2)CC1. The van der Waals surface area contributed by atoms with E-state index in [9.17, 15) is 14.4 Å². The van der Waals surface area contributed by atoms with Crippen LogP contribution in [-0.2, 0) is 9.59 Å². The summed E-state index contributed by atoms with van der Waals surface area (Å²) in [5.74, 6) is 1.94. The van der Waals surface area contributed by atoms with Crippen LogP contribution in [0.25, 0.3) is 0 Å². The lowest BCUT2D eigenvalue weighted by Crippen LogP contribution is -2.55. The number of piperazine rings is 1. The van der Waals surface area contributed by atoms with Crippen molar-refractivity contribution in [3.63, 3.8) is 0 Å². The van der Waals surface area contributed by atoms with Crippen LogP contribution in [-0.4, -0.2) is 116 Å². The van der Waals surface area contributed by atoms with Gasteiger partial charge in [-0.05, 0) is 18.3 Å². The predicted octanol–water partition coefficient (Wildman–Crippen LogP) is -0.764. The molecule has 3 rings (SSSR count). The maximum Gasteiger partial charge on any atom is 0.324 e. The number of aliphatic imine (C=N–C) groups is 1. The van der Waals surface area contributed by atoms with Gasteiger partial charge in [0.1, 0.15) is 0 Å². The first kappa shape index (κ1) is 22.3. The van der Waals surface area contributed by atoms with Crippen molar-refractivity contribution >= 4 is 23.8 Å². The van der Waals surface area contributed by atoms with Gasteiger partial charge < -0.3 is 20.4 Å².